The van der Waals surface area contributed by atoms with Crippen molar-refractivity contribution in [3.05, 3.63) is 0 Å². The van der Waals surface area contributed by atoms with Gasteiger partial charge in [0, 0.05) is 0 Å². The highest BCUT2D eigenvalue weighted by Crippen LogP contribution is 2.32. The second-order valence-corrected chi connectivity index (χ2v) is 4.10. The standard InChI is InChI=1S/C9H13NO5/c1-9(2)14-6-3-10(4-7(6)15-9)8(12)13-5-11/h5-7H,3-4H2,1-2H3. The summed E-state index contributed by atoms with van der Waals surface area (Å²) in [7, 11) is 0. The van der Waals surface area contributed by atoms with Crippen LogP contribution >= 0.6 is 0 Å². The van der Waals surface area contributed by atoms with Crippen molar-refractivity contribution < 1.29 is 23.8 Å². The molecule has 0 aliphatic carbocycles. The molecular formula is C9H13NO5. The van der Waals surface area contributed by atoms with E-state index >= 15 is 0 Å². The topological polar surface area (TPSA) is 65.1 Å². The molecule has 2 heterocycles. The number of amides is 1. The molecule has 2 rings (SSSR count). The molecule has 0 aromatic rings. The Kier molecular flexibility index (Phi) is 2.40. The van der Waals surface area contributed by atoms with Crippen LogP contribution in [0.25, 0.3) is 0 Å². The third kappa shape index (κ3) is 1.95. The van der Waals surface area contributed by atoms with Gasteiger partial charge in [-0.2, -0.15) is 0 Å². The van der Waals surface area contributed by atoms with E-state index in [0.717, 1.165) is 0 Å². The molecule has 0 aromatic carbocycles. The summed E-state index contributed by atoms with van der Waals surface area (Å²) in [4.78, 5) is 22.6. The summed E-state index contributed by atoms with van der Waals surface area (Å²) < 4.78 is 15.4. The van der Waals surface area contributed by atoms with Crippen LogP contribution in [0.1, 0.15) is 13.8 Å². The van der Waals surface area contributed by atoms with Crippen molar-refractivity contribution in [3.63, 3.8) is 0 Å². The lowest BCUT2D eigenvalue weighted by atomic mass is 10.3. The van der Waals surface area contributed by atoms with E-state index in [1.807, 2.05) is 13.8 Å². The lowest BCUT2D eigenvalue weighted by Crippen LogP contribution is -2.34. The molecule has 2 aliphatic rings. The minimum absolute atomic E-state index is 0.126. The molecule has 84 valence electrons. The molecule has 0 radical (unpaired) electrons. The van der Waals surface area contributed by atoms with E-state index in [2.05, 4.69) is 4.74 Å². The number of ether oxygens (including phenoxy) is 3. The summed E-state index contributed by atoms with van der Waals surface area (Å²) in [6.07, 6.45) is -0.900. The minimum atomic E-state index is -0.649. The number of likely N-dealkylation sites (tertiary alicyclic amines) is 1. The largest absolute Gasteiger partial charge is 0.417 e. The van der Waals surface area contributed by atoms with E-state index in [4.69, 9.17) is 9.47 Å². The van der Waals surface area contributed by atoms with Gasteiger partial charge in [-0.3, -0.25) is 4.79 Å². The van der Waals surface area contributed by atoms with Gasteiger partial charge in [0.25, 0.3) is 0 Å². The quantitative estimate of drug-likeness (QED) is 0.459. The first-order valence-corrected chi connectivity index (χ1v) is 4.77. The molecule has 2 saturated heterocycles. The van der Waals surface area contributed by atoms with Gasteiger partial charge < -0.3 is 19.1 Å². The zero-order valence-electron chi connectivity index (χ0n) is 8.63. The molecule has 2 atom stereocenters. The Morgan fingerprint density at radius 1 is 1.40 bits per heavy atom. The van der Waals surface area contributed by atoms with Crippen LogP contribution in [0.2, 0.25) is 0 Å². The van der Waals surface area contributed by atoms with E-state index < -0.39 is 11.9 Å². The van der Waals surface area contributed by atoms with Crippen molar-refractivity contribution in [2.45, 2.75) is 31.8 Å². The molecule has 0 bridgehead atoms. The Bertz CT molecular complexity index is 274. The van der Waals surface area contributed by atoms with Crippen LogP contribution in [0.15, 0.2) is 0 Å². The Morgan fingerprint density at radius 2 is 1.93 bits per heavy atom. The summed E-state index contributed by atoms with van der Waals surface area (Å²) in [6, 6.07) is 0. The third-order valence-corrected chi connectivity index (χ3v) is 2.49. The van der Waals surface area contributed by atoms with Crippen LogP contribution in [0.5, 0.6) is 0 Å². The summed E-state index contributed by atoms with van der Waals surface area (Å²) in [5, 5.41) is 0. The van der Waals surface area contributed by atoms with Crippen molar-refractivity contribution in [1.82, 2.24) is 4.90 Å². The molecule has 0 spiro atoms. The molecule has 2 aliphatic heterocycles. The Balaban J connectivity index is 1.94. The number of hydrogen-bond donors (Lipinski definition) is 0. The lowest BCUT2D eigenvalue weighted by molar-refractivity contribution is -0.154. The molecule has 0 saturated carbocycles. The van der Waals surface area contributed by atoms with Crippen LogP contribution in [-0.2, 0) is 19.0 Å². The van der Waals surface area contributed by atoms with Gasteiger partial charge in [0.1, 0.15) is 12.2 Å². The van der Waals surface area contributed by atoms with Gasteiger partial charge in [0.2, 0.25) is 0 Å². The summed E-state index contributed by atoms with van der Waals surface area (Å²) in [5.41, 5.74) is 0. The highest BCUT2D eigenvalue weighted by atomic mass is 16.8. The zero-order chi connectivity index (χ0) is 11.1. The van der Waals surface area contributed by atoms with Gasteiger partial charge in [-0.15, -0.1) is 0 Å². The number of hydrogen-bond acceptors (Lipinski definition) is 5. The average Bonchev–Trinajstić information content (AvgIpc) is 2.57. The predicted molar refractivity (Wildman–Crippen MR) is 47.9 cm³/mol. The van der Waals surface area contributed by atoms with E-state index in [-0.39, 0.29) is 18.7 Å². The molecule has 2 fully saturated rings. The minimum Gasteiger partial charge on any atom is -0.379 e. The van der Waals surface area contributed by atoms with Crippen molar-refractivity contribution in [1.29, 1.82) is 0 Å². The second-order valence-electron chi connectivity index (χ2n) is 4.10. The summed E-state index contributed by atoms with van der Waals surface area (Å²) in [5.74, 6) is -0.587. The molecule has 1 amide bonds. The van der Waals surface area contributed by atoms with Gasteiger partial charge in [-0.25, -0.2) is 4.79 Å². The maximum Gasteiger partial charge on any atom is 0.417 e. The highest BCUT2D eigenvalue weighted by Gasteiger charge is 2.48. The van der Waals surface area contributed by atoms with Crippen LogP contribution in [-0.4, -0.2) is 48.5 Å². The fourth-order valence-electron chi connectivity index (χ4n) is 1.99. The van der Waals surface area contributed by atoms with Crippen molar-refractivity contribution in [2.75, 3.05) is 13.1 Å². The van der Waals surface area contributed by atoms with Crippen molar-refractivity contribution in [2.24, 2.45) is 0 Å². The number of nitrogens with zero attached hydrogens (tertiary/aromatic N) is 1. The molecule has 15 heavy (non-hydrogen) atoms. The number of carbonyl (C=O) groups is 2. The van der Waals surface area contributed by atoms with Gasteiger partial charge in [-0.05, 0) is 13.8 Å². The van der Waals surface area contributed by atoms with Gasteiger partial charge >= 0.3 is 12.6 Å². The molecular weight excluding hydrogens is 202 g/mol. The Labute approximate surface area is 87.1 Å². The maximum atomic E-state index is 11.2. The number of carbonyl (C=O) groups excluding carboxylic acids is 2. The average molecular weight is 215 g/mol. The van der Waals surface area contributed by atoms with E-state index in [1.54, 1.807) is 0 Å². The molecule has 6 heteroatoms. The van der Waals surface area contributed by atoms with Crippen molar-refractivity contribution >= 4 is 12.6 Å². The summed E-state index contributed by atoms with van der Waals surface area (Å²) in [6.45, 7) is 4.60. The summed E-state index contributed by atoms with van der Waals surface area (Å²) >= 11 is 0. The maximum absolute atomic E-state index is 11.2. The third-order valence-electron chi connectivity index (χ3n) is 2.49. The van der Waals surface area contributed by atoms with E-state index in [0.29, 0.717) is 13.1 Å². The van der Waals surface area contributed by atoms with Gasteiger partial charge in [-0.1, -0.05) is 0 Å². The fraction of sp³-hybridized carbons (Fsp3) is 0.778. The molecule has 6 nitrogen and oxygen atoms in total. The first-order chi connectivity index (χ1) is 7.02. The van der Waals surface area contributed by atoms with E-state index in [1.165, 1.54) is 4.90 Å². The highest BCUT2D eigenvalue weighted by molar-refractivity contribution is 5.75. The zero-order valence-corrected chi connectivity index (χ0v) is 8.63. The number of rotatable bonds is 1. The Morgan fingerprint density at radius 3 is 2.40 bits per heavy atom. The Hall–Kier alpha value is -1.14. The van der Waals surface area contributed by atoms with Crippen LogP contribution in [0.3, 0.4) is 0 Å². The van der Waals surface area contributed by atoms with Gasteiger partial charge in [0.05, 0.1) is 13.1 Å². The van der Waals surface area contributed by atoms with Crippen LogP contribution in [0.4, 0.5) is 4.79 Å². The number of fused-ring (bicyclic) bond motifs is 1. The van der Waals surface area contributed by atoms with Crippen LogP contribution < -0.4 is 0 Å². The smallest absolute Gasteiger partial charge is 0.379 e. The lowest BCUT2D eigenvalue weighted by Gasteiger charge is -2.21. The predicted octanol–water partition coefficient (Wildman–Crippen LogP) is 0.115. The normalized spacial score (nSPS) is 32.5. The second kappa shape index (κ2) is 3.46. The molecule has 2 unspecified atom stereocenters. The molecule has 0 aromatic heterocycles. The SMILES string of the molecule is CC1(C)OC2CN(C(=O)OC=O)CC2O1. The monoisotopic (exact) mass is 215 g/mol. The van der Waals surface area contributed by atoms with Crippen molar-refractivity contribution in [3.8, 4) is 0 Å². The first kappa shape index (κ1) is 10.4. The first-order valence-electron chi connectivity index (χ1n) is 4.77. The van der Waals surface area contributed by atoms with Crippen LogP contribution in [0, 0.1) is 0 Å². The van der Waals surface area contributed by atoms with E-state index in [9.17, 15) is 9.59 Å². The van der Waals surface area contributed by atoms with Gasteiger partial charge in [0.15, 0.2) is 5.79 Å². The molecule has 0 N–H and O–H groups in total. The fourth-order valence-corrected chi connectivity index (χ4v) is 1.99.